The Kier molecular flexibility index (Phi) is 3.85. The van der Waals surface area contributed by atoms with Gasteiger partial charge in [0, 0.05) is 12.1 Å². The molecule has 2 heteroatoms. The Morgan fingerprint density at radius 1 is 1.18 bits per heavy atom. The summed E-state index contributed by atoms with van der Waals surface area (Å²) in [5.41, 5.74) is 11.8. The number of nitrogens with two attached hydrogens (primary N) is 1. The highest BCUT2D eigenvalue weighted by molar-refractivity contribution is 5.40. The van der Waals surface area contributed by atoms with Gasteiger partial charge in [-0.15, -0.1) is 0 Å². The summed E-state index contributed by atoms with van der Waals surface area (Å²) in [6, 6.07) is 5.07. The molecule has 2 atom stereocenters. The van der Waals surface area contributed by atoms with Gasteiger partial charge >= 0.3 is 0 Å². The van der Waals surface area contributed by atoms with Crippen molar-refractivity contribution in [3.8, 4) is 0 Å². The summed E-state index contributed by atoms with van der Waals surface area (Å²) in [6.45, 7) is 7.62. The van der Waals surface area contributed by atoms with E-state index < -0.39 is 0 Å². The molecule has 1 saturated heterocycles. The predicted octanol–water partition coefficient (Wildman–Crippen LogP) is 2.75. The van der Waals surface area contributed by atoms with Crippen molar-refractivity contribution < 1.29 is 0 Å². The summed E-state index contributed by atoms with van der Waals surface area (Å²) in [5, 5.41) is 3.56. The van der Waals surface area contributed by atoms with Crippen LogP contribution in [0.4, 0.5) is 0 Å². The van der Waals surface area contributed by atoms with E-state index in [4.69, 9.17) is 5.73 Å². The third kappa shape index (κ3) is 2.70. The maximum absolute atomic E-state index is 6.46. The molecule has 0 bridgehead atoms. The molecule has 0 aliphatic carbocycles. The summed E-state index contributed by atoms with van der Waals surface area (Å²) < 4.78 is 0. The van der Waals surface area contributed by atoms with Crippen LogP contribution < -0.4 is 11.1 Å². The van der Waals surface area contributed by atoms with Gasteiger partial charge in [-0.3, -0.25) is 0 Å². The zero-order valence-electron chi connectivity index (χ0n) is 11.2. The lowest BCUT2D eigenvalue weighted by molar-refractivity contribution is 0.352. The number of benzene rings is 1. The lowest BCUT2D eigenvalue weighted by Gasteiger charge is -2.31. The second-order valence-corrected chi connectivity index (χ2v) is 5.39. The van der Waals surface area contributed by atoms with Gasteiger partial charge in [0.1, 0.15) is 0 Å². The quantitative estimate of drug-likeness (QED) is 0.823. The first-order valence-corrected chi connectivity index (χ1v) is 6.66. The number of aryl methyl sites for hydroxylation is 3. The van der Waals surface area contributed by atoms with E-state index >= 15 is 0 Å². The molecule has 3 N–H and O–H groups in total. The third-order valence-corrected chi connectivity index (χ3v) is 3.85. The van der Waals surface area contributed by atoms with Gasteiger partial charge in [0.05, 0.1) is 0 Å². The monoisotopic (exact) mass is 232 g/mol. The first kappa shape index (κ1) is 12.6. The van der Waals surface area contributed by atoms with Crippen LogP contribution in [0.3, 0.4) is 0 Å². The maximum atomic E-state index is 6.46. The molecule has 0 saturated carbocycles. The molecule has 2 nitrogen and oxygen atoms in total. The van der Waals surface area contributed by atoms with Crippen LogP contribution in [0.15, 0.2) is 12.1 Å². The van der Waals surface area contributed by atoms with Gasteiger partial charge in [-0.1, -0.05) is 24.1 Å². The second kappa shape index (κ2) is 5.19. The van der Waals surface area contributed by atoms with Crippen LogP contribution in [0.1, 0.15) is 47.6 Å². The van der Waals surface area contributed by atoms with E-state index in [1.807, 2.05) is 0 Å². The number of hydrogen-bond donors (Lipinski definition) is 2. The molecule has 1 heterocycles. The molecule has 0 spiro atoms. The Bertz CT molecular complexity index is 369. The fourth-order valence-corrected chi connectivity index (χ4v) is 3.10. The molecule has 2 unspecified atom stereocenters. The summed E-state index contributed by atoms with van der Waals surface area (Å²) in [5.74, 6) is 0. The van der Waals surface area contributed by atoms with Crippen molar-refractivity contribution in [1.82, 2.24) is 5.32 Å². The van der Waals surface area contributed by atoms with Gasteiger partial charge < -0.3 is 11.1 Å². The molecule has 1 fully saturated rings. The van der Waals surface area contributed by atoms with E-state index in [1.54, 1.807) is 0 Å². The average Bonchev–Trinajstić information content (AvgIpc) is 2.28. The van der Waals surface area contributed by atoms with Crippen molar-refractivity contribution in [2.24, 2.45) is 5.73 Å². The highest BCUT2D eigenvalue weighted by Crippen LogP contribution is 2.27. The van der Waals surface area contributed by atoms with Gasteiger partial charge in [0.2, 0.25) is 0 Å². The summed E-state index contributed by atoms with van der Waals surface area (Å²) in [7, 11) is 0. The molecule has 1 aliphatic rings. The minimum Gasteiger partial charge on any atom is -0.323 e. The van der Waals surface area contributed by atoms with Gasteiger partial charge in [-0.2, -0.15) is 0 Å². The van der Waals surface area contributed by atoms with Crippen LogP contribution >= 0.6 is 0 Å². The minimum atomic E-state index is 0.135. The van der Waals surface area contributed by atoms with Crippen LogP contribution in [0.2, 0.25) is 0 Å². The van der Waals surface area contributed by atoms with Crippen LogP contribution in [-0.2, 0) is 0 Å². The fourth-order valence-electron chi connectivity index (χ4n) is 3.10. The lowest BCUT2D eigenvalue weighted by Crippen LogP contribution is -2.42. The molecule has 1 aromatic carbocycles. The van der Waals surface area contributed by atoms with Crippen molar-refractivity contribution in [2.75, 3.05) is 6.54 Å². The number of nitrogens with one attached hydrogen (secondary N) is 1. The van der Waals surface area contributed by atoms with E-state index in [0.717, 1.165) is 6.54 Å². The molecule has 94 valence electrons. The van der Waals surface area contributed by atoms with Crippen LogP contribution in [0, 0.1) is 20.8 Å². The van der Waals surface area contributed by atoms with Crippen LogP contribution in [0.25, 0.3) is 0 Å². The van der Waals surface area contributed by atoms with Crippen molar-refractivity contribution >= 4 is 0 Å². The average molecular weight is 232 g/mol. The largest absolute Gasteiger partial charge is 0.323 e. The van der Waals surface area contributed by atoms with Crippen LogP contribution in [-0.4, -0.2) is 12.6 Å². The molecule has 0 amide bonds. The molecule has 17 heavy (non-hydrogen) atoms. The maximum Gasteiger partial charge on any atom is 0.0456 e. The van der Waals surface area contributed by atoms with Crippen LogP contribution in [0.5, 0.6) is 0 Å². The molecule has 2 rings (SSSR count). The number of rotatable bonds is 2. The summed E-state index contributed by atoms with van der Waals surface area (Å²) >= 11 is 0. The van der Waals surface area contributed by atoms with E-state index in [9.17, 15) is 0 Å². The SMILES string of the molecule is Cc1cc(C)c(C(N)C2CCCCN2)c(C)c1. The summed E-state index contributed by atoms with van der Waals surface area (Å²) in [4.78, 5) is 0. The normalized spacial score (nSPS) is 22.5. The Morgan fingerprint density at radius 3 is 2.35 bits per heavy atom. The van der Waals surface area contributed by atoms with Crippen molar-refractivity contribution in [2.45, 2.75) is 52.1 Å². The standard InChI is InChI=1S/C15H24N2/c1-10-8-11(2)14(12(3)9-10)15(16)13-6-4-5-7-17-13/h8-9,13,15,17H,4-7,16H2,1-3H3. The fraction of sp³-hybridized carbons (Fsp3) is 0.600. The molecule has 0 aromatic heterocycles. The molecular weight excluding hydrogens is 208 g/mol. The predicted molar refractivity (Wildman–Crippen MR) is 73.2 cm³/mol. The molecule has 1 aromatic rings. The number of hydrogen-bond acceptors (Lipinski definition) is 2. The molecular formula is C15H24N2. The Morgan fingerprint density at radius 2 is 1.82 bits per heavy atom. The van der Waals surface area contributed by atoms with Gasteiger partial charge in [-0.05, 0) is 56.8 Å². The zero-order chi connectivity index (χ0) is 12.4. The summed E-state index contributed by atoms with van der Waals surface area (Å²) in [6.07, 6.45) is 3.79. The van der Waals surface area contributed by atoms with E-state index in [0.29, 0.717) is 6.04 Å². The van der Waals surface area contributed by atoms with Crippen molar-refractivity contribution in [3.05, 3.63) is 34.4 Å². The third-order valence-electron chi connectivity index (χ3n) is 3.85. The van der Waals surface area contributed by atoms with Crippen molar-refractivity contribution in [3.63, 3.8) is 0 Å². The highest BCUT2D eigenvalue weighted by Gasteiger charge is 2.23. The van der Waals surface area contributed by atoms with Crippen molar-refractivity contribution in [1.29, 1.82) is 0 Å². The van der Waals surface area contributed by atoms with Gasteiger partial charge in [-0.25, -0.2) is 0 Å². The molecule has 0 radical (unpaired) electrons. The minimum absolute atomic E-state index is 0.135. The second-order valence-electron chi connectivity index (χ2n) is 5.39. The van der Waals surface area contributed by atoms with E-state index in [2.05, 4.69) is 38.2 Å². The first-order chi connectivity index (χ1) is 8.09. The number of piperidine rings is 1. The van der Waals surface area contributed by atoms with Gasteiger partial charge in [0.15, 0.2) is 0 Å². The smallest absolute Gasteiger partial charge is 0.0456 e. The van der Waals surface area contributed by atoms with E-state index in [-0.39, 0.29) is 6.04 Å². The Balaban J connectivity index is 2.26. The molecule has 1 aliphatic heterocycles. The topological polar surface area (TPSA) is 38.0 Å². The highest BCUT2D eigenvalue weighted by atomic mass is 15.0. The Hall–Kier alpha value is -0.860. The zero-order valence-corrected chi connectivity index (χ0v) is 11.2. The first-order valence-electron chi connectivity index (χ1n) is 6.66. The van der Waals surface area contributed by atoms with Gasteiger partial charge in [0.25, 0.3) is 0 Å². The lowest BCUT2D eigenvalue weighted by atomic mass is 9.87. The van der Waals surface area contributed by atoms with E-state index in [1.165, 1.54) is 41.5 Å². The Labute approximate surface area is 105 Å².